The maximum atomic E-state index is 4.97. The van der Waals surface area contributed by atoms with Crippen LogP contribution in [0.25, 0.3) is 22.4 Å². The van der Waals surface area contributed by atoms with Crippen molar-refractivity contribution in [2.75, 3.05) is 5.32 Å². The number of fused-ring (bicyclic) bond motifs is 5. The molecule has 0 radical (unpaired) electrons. The zero-order chi connectivity index (χ0) is 17.0. The molecule has 4 nitrogen and oxygen atoms in total. The third-order valence-corrected chi connectivity index (χ3v) is 4.99. The van der Waals surface area contributed by atoms with E-state index in [-0.39, 0.29) is 6.17 Å². The summed E-state index contributed by atoms with van der Waals surface area (Å²) in [4.78, 5) is 9.56. The van der Waals surface area contributed by atoms with Crippen molar-refractivity contribution in [1.29, 1.82) is 0 Å². The smallest absolute Gasteiger partial charge is 0.149 e. The maximum Gasteiger partial charge on any atom is 0.149 e. The van der Waals surface area contributed by atoms with E-state index in [0.29, 0.717) is 0 Å². The molecule has 1 atom stereocenters. The third kappa shape index (κ3) is 2.07. The number of benzene rings is 2. The summed E-state index contributed by atoms with van der Waals surface area (Å²) in [5, 5.41) is 3.64. The predicted octanol–water partition coefficient (Wildman–Crippen LogP) is 4.69. The molecule has 1 aliphatic rings. The van der Waals surface area contributed by atoms with Crippen LogP contribution in [-0.4, -0.2) is 14.5 Å². The number of aromatic nitrogens is 3. The van der Waals surface area contributed by atoms with Crippen LogP contribution in [0.5, 0.6) is 0 Å². The Bertz CT molecular complexity index is 1100. The van der Waals surface area contributed by atoms with Gasteiger partial charge in [0, 0.05) is 17.4 Å². The van der Waals surface area contributed by atoms with Crippen LogP contribution in [0.4, 0.5) is 5.69 Å². The summed E-state index contributed by atoms with van der Waals surface area (Å²) in [5.41, 5.74) is 7.90. The van der Waals surface area contributed by atoms with Crippen LogP contribution in [-0.2, 0) is 0 Å². The molecule has 25 heavy (non-hydrogen) atoms. The second kappa shape index (κ2) is 5.18. The average molecular weight is 326 g/mol. The van der Waals surface area contributed by atoms with Crippen molar-refractivity contribution in [2.24, 2.45) is 0 Å². The molecule has 0 fully saturated rings. The Morgan fingerprint density at radius 1 is 0.960 bits per heavy atom. The van der Waals surface area contributed by atoms with E-state index in [0.717, 1.165) is 33.8 Å². The molecule has 1 N–H and O–H groups in total. The van der Waals surface area contributed by atoms with Crippen LogP contribution >= 0.6 is 0 Å². The fraction of sp³-hybridized carbons (Fsp3) is 0.143. The molecule has 5 rings (SSSR count). The quantitative estimate of drug-likeness (QED) is 0.552. The van der Waals surface area contributed by atoms with Crippen molar-refractivity contribution in [1.82, 2.24) is 14.5 Å². The number of imidazole rings is 1. The zero-order valence-corrected chi connectivity index (χ0v) is 14.2. The number of aryl methyl sites for hydroxylation is 2. The second-order valence-electron chi connectivity index (χ2n) is 6.58. The molecule has 0 saturated carbocycles. The number of hydrogen-bond donors (Lipinski definition) is 1. The summed E-state index contributed by atoms with van der Waals surface area (Å²) < 4.78 is 2.27. The topological polar surface area (TPSA) is 42.7 Å². The SMILES string of the molecule is Cc1cc2nc3n(c2cc1C)C(c1ccccn1)Nc1ccccc1-3. The van der Waals surface area contributed by atoms with Crippen LogP contribution in [0.3, 0.4) is 0 Å². The number of nitrogens with one attached hydrogen (secondary N) is 1. The molecular weight excluding hydrogens is 308 g/mol. The number of nitrogens with zero attached hydrogens (tertiary/aromatic N) is 3. The lowest BCUT2D eigenvalue weighted by Crippen LogP contribution is -2.25. The van der Waals surface area contributed by atoms with Crippen molar-refractivity contribution in [3.05, 3.63) is 77.6 Å². The highest BCUT2D eigenvalue weighted by Crippen LogP contribution is 2.40. The van der Waals surface area contributed by atoms with E-state index in [2.05, 4.69) is 65.1 Å². The highest BCUT2D eigenvalue weighted by molar-refractivity contribution is 5.87. The molecule has 1 unspecified atom stereocenters. The third-order valence-electron chi connectivity index (χ3n) is 4.99. The number of pyridine rings is 1. The molecule has 0 bridgehead atoms. The molecule has 0 spiro atoms. The van der Waals surface area contributed by atoms with E-state index >= 15 is 0 Å². The molecule has 0 aliphatic carbocycles. The summed E-state index contributed by atoms with van der Waals surface area (Å²) in [7, 11) is 0. The van der Waals surface area contributed by atoms with Gasteiger partial charge in [-0.05, 0) is 61.4 Å². The van der Waals surface area contributed by atoms with E-state index in [1.54, 1.807) is 0 Å². The van der Waals surface area contributed by atoms with Gasteiger partial charge in [0.05, 0.1) is 16.7 Å². The van der Waals surface area contributed by atoms with E-state index in [1.165, 1.54) is 11.1 Å². The monoisotopic (exact) mass is 326 g/mol. The first-order valence-electron chi connectivity index (χ1n) is 8.48. The van der Waals surface area contributed by atoms with Gasteiger partial charge in [-0.1, -0.05) is 18.2 Å². The summed E-state index contributed by atoms with van der Waals surface area (Å²) in [6, 6.07) is 18.8. The predicted molar refractivity (Wildman–Crippen MR) is 101 cm³/mol. The summed E-state index contributed by atoms with van der Waals surface area (Å²) in [6.45, 7) is 4.28. The summed E-state index contributed by atoms with van der Waals surface area (Å²) >= 11 is 0. The van der Waals surface area contributed by atoms with E-state index < -0.39 is 0 Å². The normalized spacial score (nSPS) is 15.5. The van der Waals surface area contributed by atoms with Crippen LogP contribution in [0.15, 0.2) is 60.8 Å². The molecular formula is C21H18N4. The molecule has 2 aromatic heterocycles. The highest BCUT2D eigenvalue weighted by atomic mass is 15.3. The maximum absolute atomic E-state index is 4.97. The molecule has 0 amide bonds. The lowest BCUT2D eigenvalue weighted by Gasteiger charge is -2.29. The largest absolute Gasteiger partial charge is 0.359 e. The van der Waals surface area contributed by atoms with E-state index in [1.807, 2.05) is 24.4 Å². The molecule has 1 aliphatic heterocycles. The van der Waals surface area contributed by atoms with Crippen molar-refractivity contribution in [3.63, 3.8) is 0 Å². The van der Waals surface area contributed by atoms with Gasteiger partial charge >= 0.3 is 0 Å². The van der Waals surface area contributed by atoms with Crippen molar-refractivity contribution in [2.45, 2.75) is 20.0 Å². The Kier molecular flexibility index (Phi) is 2.95. The molecule has 0 saturated heterocycles. The van der Waals surface area contributed by atoms with Crippen molar-refractivity contribution < 1.29 is 0 Å². The fourth-order valence-corrected chi connectivity index (χ4v) is 3.56. The van der Waals surface area contributed by atoms with Crippen molar-refractivity contribution in [3.8, 4) is 11.4 Å². The van der Waals surface area contributed by atoms with Gasteiger partial charge in [-0.3, -0.25) is 9.55 Å². The molecule has 3 heterocycles. The Morgan fingerprint density at radius 2 is 1.76 bits per heavy atom. The van der Waals surface area contributed by atoms with Crippen molar-refractivity contribution >= 4 is 16.7 Å². The van der Waals surface area contributed by atoms with Crippen LogP contribution < -0.4 is 5.32 Å². The molecule has 122 valence electrons. The lowest BCUT2D eigenvalue weighted by molar-refractivity contribution is 0.649. The first kappa shape index (κ1) is 14.2. The summed E-state index contributed by atoms with van der Waals surface area (Å²) in [5.74, 6) is 0.991. The highest BCUT2D eigenvalue weighted by Gasteiger charge is 2.28. The summed E-state index contributed by atoms with van der Waals surface area (Å²) in [6.07, 6.45) is 1.77. The average Bonchev–Trinajstić information content (AvgIpc) is 3.01. The minimum atomic E-state index is -0.0711. The minimum Gasteiger partial charge on any atom is -0.359 e. The molecule has 4 aromatic rings. The van der Waals surface area contributed by atoms with Crippen LogP contribution in [0.2, 0.25) is 0 Å². The number of hydrogen-bond acceptors (Lipinski definition) is 3. The Labute approximate surface area is 146 Å². The first-order chi connectivity index (χ1) is 12.2. The van der Waals surface area contributed by atoms with E-state index in [4.69, 9.17) is 4.98 Å². The fourth-order valence-electron chi connectivity index (χ4n) is 3.56. The standard InChI is InChI=1S/C21H18N4/c1-13-11-18-19(12-14(13)2)25-20(24-18)15-7-3-4-8-16(15)23-21(25)17-9-5-6-10-22-17/h3-12,21,23H,1-2H3. The van der Waals surface area contributed by atoms with Gasteiger partial charge in [0.1, 0.15) is 12.0 Å². The Hall–Kier alpha value is -3.14. The number of anilines is 1. The Balaban J connectivity index is 1.86. The van der Waals surface area contributed by atoms with Gasteiger partial charge in [0.15, 0.2) is 0 Å². The second-order valence-corrected chi connectivity index (χ2v) is 6.58. The van der Waals surface area contributed by atoms with Crippen LogP contribution in [0.1, 0.15) is 23.0 Å². The minimum absolute atomic E-state index is 0.0711. The van der Waals surface area contributed by atoms with Gasteiger partial charge in [-0.15, -0.1) is 0 Å². The lowest BCUT2D eigenvalue weighted by atomic mass is 10.1. The first-order valence-corrected chi connectivity index (χ1v) is 8.48. The zero-order valence-electron chi connectivity index (χ0n) is 14.2. The Morgan fingerprint density at radius 3 is 2.60 bits per heavy atom. The number of para-hydroxylation sites is 1. The molecule has 2 aromatic carbocycles. The van der Waals surface area contributed by atoms with Gasteiger partial charge in [0.2, 0.25) is 0 Å². The van der Waals surface area contributed by atoms with Gasteiger partial charge in [-0.2, -0.15) is 0 Å². The number of rotatable bonds is 1. The van der Waals surface area contributed by atoms with Gasteiger partial charge in [0.25, 0.3) is 0 Å². The van der Waals surface area contributed by atoms with Gasteiger partial charge in [-0.25, -0.2) is 4.98 Å². The van der Waals surface area contributed by atoms with Crippen LogP contribution in [0, 0.1) is 13.8 Å². The van der Waals surface area contributed by atoms with Gasteiger partial charge < -0.3 is 5.32 Å². The van der Waals surface area contributed by atoms with E-state index in [9.17, 15) is 0 Å². The molecule has 4 heteroatoms.